The second-order valence-electron chi connectivity index (χ2n) is 3.59. The van der Waals surface area contributed by atoms with Gasteiger partial charge in [0, 0.05) is 0 Å². The third kappa shape index (κ3) is 3.81. The van der Waals surface area contributed by atoms with Gasteiger partial charge in [-0.1, -0.05) is 6.07 Å². The standard InChI is InChI=1S/C11H14F3NO2/c1-2-17-9-4-3-7(5-8(9)16)6-10(15)11(12,13)14/h3-5,10,16H,2,6,15H2,1H3. The Kier molecular flexibility index (Phi) is 4.22. The number of phenolic OH excluding ortho intramolecular Hbond substituents is 1. The van der Waals surface area contributed by atoms with Gasteiger partial charge in [-0.05, 0) is 31.0 Å². The highest BCUT2D eigenvalue weighted by Crippen LogP contribution is 2.28. The van der Waals surface area contributed by atoms with Crippen molar-refractivity contribution >= 4 is 0 Å². The van der Waals surface area contributed by atoms with E-state index < -0.39 is 12.2 Å². The molecule has 1 unspecified atom stereocenters. The largest absolute Gasteiger partial charge is 0.504 e. The van der Waals surface area contributed by atoms with Crippen molar-refractivity contribution in [2.75, 3.05) is 6.61 Å². The lowest BCUT2D eigenvalue weighted by atomic mass is 10.1. The van der Waals surface area contributed by atoms with Crippen LogP contribution in [-0.4, -0.2) is 23.9 Å². The normalized spacial score (nSPS) is 13.5. The molecule has 3 N–H and O–H groups in total. The Morgan fingerprint density at radius 1 is 1.41 bits per heavy atom. The van der Waals surface area contributed by atoms with Crippen molar-refractivity contribution in [1.29, 1.82) is 0 Å². The van der Waals surface area contributed by atoms with E-state index in [4.69, 9.17) is 10.5 Å². The van der Waals surface area contributed by atoms with Gasteiger partial charge in [0.1, 0.15) is 6.04 Å². The number of halogens is 3. The van der Waals surface area contributed by atoms with Crippen molar-refractivity contribution in [3.63, 3.8) is 0 Å². The minimum Gasteiger partial charge on any atom is -0.504 e. The van der Waals surface area contributed by atoms with Gasteiger partial charge in [-0.25, -0.2) is 0 Å². The van der Waals surface area contributed by atoms with Gasteiger partial charge in [0.25, 0.3) is 0 Å². The zero-order chi connectivity index (χ0) is 13.1. The Morgan fingerprint density at radius 2 is 2.06 bits per heavy atom. The van der Waals surface area contributed by atoms with Gasteiger partial charge in [0.05, 0.1) is 6.61 Å². The molecule has 0 heterocycles. The van der Waals surface area contributed by atoms with Gasteiger partial charge in [-0.2, -0.15) is 13.2 Å². The van der Waals surface area contributed by atoms with Crippen molar-refractivity contribution in [1.82, 2.24) is 0 Å². The molecule has 0 radical (unpaired) electrons. The van der Waals surface area contributed by atoms with E-state index in [1.165, 1.54) is 18.2 Å². The second-order valence-corrected chi connectivity index (χ2v) is 3.59. The Labute approximate surface area is 97.0 Å². The maximum absolute atomic E-state index is 12.2. The van der Waals surface area contributed by atoms with Gasteiger partial charge in [-0.15, -0.1) is 0 Å². The van der Waals surface area contributed by atoms with Crippen LogP contribution in [0, 0.1) is 0 Å². The number of phenols is 1. The third-order valence-corrected chi connectivity index (χ3v) is 2.20. The summed E-state index contributed by atoms with van der Waals surface area (Å²) in [7, 11) is 0. The van der Waals surface area contributed by atoms with Gasteiger partial charge in [0.15, 0.2) is 11.5 Å². The minimum atomic E-state index is -4.44. The van der Waals surface area contributed by atoms with Crippen molar-refractivity contribution in [2.24, 2.45) is 5.73 Å². The number of hydrogen-bond donors (Lipinski definition) is 2. The van der Waals surface area contributed by atoms with Gasteiger partial charge in [-0.3, -0.25) is 0 Å². The molecule has 0 fully saturated rings. The summed E-state index contributed by atoms with van der Waals surface area (Å²) in [5.41, 5.74) is 5.31. The number of nitrogens with two attached hydrogens (primary N) is 1. The molecular weight excluding hydrogens is 235 g/mol. The maximum atomic E-state index is 12.2. The monoisotopic (exact) mass is 249 g/mol. The lowest BCUT2D eigenvalue weighted by molar-refractivity contribution is -0.147. The summed E-state index contributed by atoms with van der Waals surface area (Å²) in [4.78, 5) is 0. The fourth-order valence-electron chi connectivity index (χ4n) is 1.34. The number of hydrogen-bond acceptors (Lipinski definition) is 3. The number of aromatic hydroxyl groups is 1. The molecule has 0 aliphatic carbocycles. The summed E-state index contributed by atoms with van der Waals surface area (Å²) in [5, 5.41) is 9.49. The zero-order valence-electron chi connectivity index (χ0n) is 9.29. The van der Waals surface area contributed by atoms with Crippen molar-refractivity contribution in [3.8, 4) is 11.5 Å². The average molecular weight is 249 g/mol. The van der Waals surface area contributed by atoms with Crippen LogP contribution >= 0.6 is 0 Å². The predicted molar refractivity (Wildman–Crippen MR) is 57.0 cm³/mol. The fourth-order valence-corrected chi connectivity index (χ4v) is 1.34. The molecule has 17 heavy (non-hydrogen) atoms. The Morgan fingerprint density at radius 3 is 2.53 bits per heavy atom. The van der Waals surface area contributed by atoms with E-state index in [0.29, 0.717) is 12.2 Å². The van der Waals surface area contributed by atoms with Crippen LogP contribution in [-0.2, 0) is 6.42 Å². The van der Waals surface area contributed by atoms with E-state index in [0.717, 1.165) is 0 Å². The number of ether oxygens (including phenoxy) is 1. The molecule has 0 aromatic heterocycles. The molecule has 0 bridgehead atoms. The second kappa shape index (κ2) is 5.27. The Balaban J connectivity index is 2.77. The number of rotatable bonds is 4. The third-order valence-electron chi connectivity index (χ3n) is 2.20. The summed E-state index contributed by atoms with van der Waals surface area (Å²) in [6, 6.07) is 2.18. The molecule has 0 amide bonds. The molecule has 6 heteroatoms. The summed E-state index contributed by atoms with van der Waals surface area (Å²) in [6.45, 7) is 2.11. The first kappa shape index (κ1) is 13.6. The molecule has 0 spiro atoms. The van der Waals surface area contributed by atoms with Crippen LogP contribution < -0.4 is 10.5 Å². The van der Waals surface area contributed by atoms with Gasteiger partial charge >= 0.3 is 6.18 Å². The molecule has 0 saturated carbocycles. The molecule has 0 aliphatic rings. The van der Waals surface area contributed by atoms with Gasteiger partial charge < -0.3 is 15.6 Å². The molecular formula is C11H14F3NO2. The van der Waals surface area contributed by atoms with Crippen LogP contribution in [0.4, 0.5) is 13.2 Å². The topological polar surface area (TPSA) is 55.5 Å². The van der Waals surface area contributed by atoms with Crippen molar-refractivity contribution in [3.05, 3.63) is 23.8 Å². The van der Waals surface area contributed by atoms with E-state index in [-0.39, 0.29) is 17.9 Å². The first-order valence-electron chi connectivity index (χ1n) is 5.11. The smallest absolute Gasteiger partial charge is 0.403 e. The first-order chi connectivity index (χ1) is 7.84. The van der Waals surface area contributed by atoms with E-state index in [1.54, 1.807) is 6.92 Å². The highest BCUT2D eigenvalue weighted by Gasteiger charge is 2.36. The maximum Gasteiger partial charge on any atom is 0.403 e. The highest BCUT2D eigenvalue weighted by molar-refractivity contribution is 5.42. The number of alkyl halides is 3. The molecule has 96 valence electrons. The molecule has 0 saturated heterocycles. The van der Waals surface area contributed by atoms with Crippen LogP contribution in [0.25, 0.3) is 0 Å². The van der Waals surface area contributed by atoms with E-state index >= 15 is 0 Å². The SMILES string of the molecule is CCOc1ccc(CC(N)C(F)(F)F)cc1O. The summed E-state index contributed by atoms with van der Waals surface area (Å²) in [6.07, 6.45) is -4.81. The summed E-state index contributed by atoms with van der Waals surface area (Å²) in [5.74, 6) is 0.0653. The van der Waals surface area contributed by atoms with Crippen LogP contribution in [0.2, 0.25) is 0 Å². The van der Waals surface area contributed by atoms with E-state index in [2.05, 4.69) is 0 Å². The molecule has 1 aromatic rings. The molecule has 0 aliphatic heterocycles. The highest BCUT2D eigenvalue weighted by atomic mass is 19.4. The van der Waals surface area contributed by atoms with Gasteiger partial charge in [0.2, 0.25) is 0 Å². The molecule has 1 rings (SSSR count). The fraction of sp³-hybridized carbons (Fsp3) is 0.455. The molecule has 1 atom stereocenters. The Bertz CT molecular complexity index is 379. The van der Waals surface area contributed by atoms with E-state index in [9.17, 15) is 18.3 Å². The van der Waals surface area contributed by atoms with Crippen LogP contribution in [0.15, 0.2) is 18.2 Å². The lowest BCUT2D eigenvalue weighted by Crippen LogP contribution is -2.39. The predicted octanol–water partition coefficient (Wildman–Crippen LogP) is 2.22. The first-order valence-corrected chi connectivity index (χ1v) is 5.11. The molecule has 1 aromatic carbocycles. The molecule has 3 nitrogen and oxygen atoms in total. The quantitative estimate of drug-likeness (QED) is 0.860. The summed E-state index contributed by atoms with van der Waals surface area (Å²) < 4.78 is 41.7. The Hall–Kier alpha value is -1.43. The summed E-state index contributed by atoms with van der Waals surface area (Å²) >= 11 is 0. The average Bonchev–Trinajstić information content (AvgIpc) is 2.21. The number of benzene rings is 1. The lowest BCUT2D eigenvalue weighted by Gasteiger charge is -2.16. The van der Waals surface area contributed by atoms with Crippen molar-refractivity contribution < 1.29 is 23.0 Å². The van der Waals surface area contributed by atoms with Crippen molar-refractivity contribution in [2.45, 2.75) is 25.6 Å². The minimum absolute atomic E-state index is 0.182. The van der Waals surface area contributed by atoms with Crippen LogP contribution in [0.1, 0.15) is 12.5 Å². The van der Waals surface area contributed by atoms with E-state index in [1.807, 2.05) is 0 Å². The van der Waals surface area contributed by atoms with Crippen LogP contribution in [0.3, 0.4) is 0 Å². The zero-order valence-corrected chi connectivity index (χ0v) is 9.29. The van der Waals surface area contributed by atoms with Crippen LogP contribution in [0.5, 0.6) is 11.5 Å².